The fourth-order valence-electron chi connectivity index (χ4n) is 2.66. The summed E-state index contributed by atoms with van der Waals surface area (Å²) in [6.07, 6.45) is 3.36. The molecule has 0 spiro atoms. The molecule has 9 heteroatoms. The molecule has 0 fully saturated rings. The van der Waals surface area contributed by atoms with Crippen LogP contribution in [0.5, 0.6) is 0 Å². The molecule has 3 N–H and O–H groups in total. The van der Waals surface area contributed by atoms with Crippen molar-refractivity contribution in [2.75, 3.05) is 10.6 Å². The quantitative estimate of drug-likeness (QED) is 0.402. The molecule has 1 aromatic carbocycles. The molecule has 0 saturated carbocycles. The highest BCUT2D eigenvalue weighted by molar-refractivity contribution is 7.16. The summed E-state index contributed by atoms with van der Waals surface area (Å²) in [5, 5.41) is 9.35. The summed E-state index contributed by atoms with van der Waals surface area (Å²) < 4.78 is 0. The maximum absolute atomic E-state index is 12.9. The third-order valence-corrected chi connectivity index (χ3v) is 6.61. The lowest BCUT2D eigenvalue weighted by molar-refractivity contribution is 0.0952. The van der Waals surface area contributed by atoms with Crippen LogP contribution in [0.4, 0.5) is 15.5 Å². The second-order valence-electron chi connectivity index (χ2n) is 7.83. The molecule has 3 rings (SSSR count). The van der Waals surface area contributed by atoms with Crippen molar-refractivity contribution in [2.45, 2.75) is 32.7 Å². The van der Waals surface area contributed by atoms with Crippen LogP contribution in [0.1, 0.15) is 41.6 Å². The summed E-state index contributed by atoms with van der Waals surface area (Å²) in [6, 6.07) is 9.93. The molecule has 2 heterocycles. The molecule has 0 aliphatic heterocycles. The second-order valence-corrected chi connectivity index (χ2v) is 9.67. The molecule has 0 bridgehead atoms. The predicted molar refractivity (Wildman–Crippen MR) is 128 cm³/mol. The number of aromatic nitrogens is 1. The zero-order chi connectivity index (χ0) is 22.6. The standard InChI is InChI=1S/C22H22Cl2N4O2S/c1-22(2,3)17-10-14(19(29)26-12-13-6-5-9-25-11-13)20(31-17)28-21(30)27-16-8-4-7-15(23)18(16)24/h4-11H,12H2,1-3H3,(H,26,29)(H2,27,28,30). The van der Waals surface area contributed by atoms with Crippen LogP contribution in [0, 0.1) is 0 Å². The van der Waals surface area contributed by atoms with Crippen molar-refractivity contribution in [2.24, 2.45) is 0 Å². The lowest BCUT2D eigenvalue weighted by atomic mass is 9.94. The Balaban J connectivity index is 1.79. The van der Waals surface area contributed by atoms with Crippen molar-refractivity contribution in [1.82, 2.24) is 10.3 Å². The van der Waals surface area contributed by atoms with Gasteiger partial charge in [-0.25, -0.2) is 4.79 Å². The van der Waals surface area contributed by atoms with Gasteiger partial charge in [-0.2, -0.15) is 0 Å². The number of nitrogens with one attached hydrogen (secondary N) is 3. The Bertz CT molecular complexity index is 1090. The number of urea groups is 1. The van der Waals surface area contributed by atoms with E-state index in [2.05, 4.69) is 20.9 Å². The van der Waals surface area contributed by atoms with Crippen LogP contribution >= 0.6 is 34.5 Å². The molecule has 3 aromatic rings. The average Bonchev–Trinajstić information content (AvgIpc) is 3.14. The summed E-state index contributed by atoms with van der Waals surface area (Å²) in [4.78, 5) is 30.5. The van der Waals surface area contributed by atoms with Crippen molar-refractivity contribution in [3.8, 4) is 0 Å². The Hall–Kier alpha value is -2.61. The van der Waals surface area contributed by atoms with Gasteiger partial charge in [0.15, 0.2) is 0 Å². The molecule has 0 atom stereocenters. The minimum atomic E-state index is -0.521. The minimum absolute atomic E-state index is 0.185. The van der Waals surface area contributed by atoms with E-state index >= 15 is 0 Å². The van der Waals surface area contributed by atoms with Crippen LogP contribution in [0.2, 0.25) is 10.0 Å². The summed E-state index contributed by atoms with van der Waals surface area (Å²) >= 11 is 13.5. The largest absolute Gasteiger partial charge is 0.348 e. The molecule has 0 aliphatic rings. The van der Waals surface area contributed by atoms with E-state index in [4.69, 9.17) is 23.2 Å². The van der Waals surface area contributed by atoms with Gasteiger partial charge in [0.05, 0.1) is 21.3 Å². The van der Waals surface area contributed by atoms with Crippen molar-refractivity contribution in [1.29, 1.82) is 0 Å². The zero-order valence-electron chi connectivity index (χ0n) is 17.3. The third-order valence-electron chi connectivity index (χ3n) is 4.32. The summed E-state index contributed by atoms with van der Waals surface area (Å²) in [5.74, 6) is -0.285. The molecule has 3 amide bonds. The van der Waals surface area contributed by atoms with Crippen molar-refractivity contribution in [3.63, 3.8) is 0 Å². The fraction of sp³-hybridized carbons (Fsp3) is 0.227. The Morgan fingerprint density at radius 3 is 2.55 bits per heavy atom. The van der Waals surface area contributed by atoms with E-state index in [9.17, 15) is 9.59 Å². The highest BCUT2D eigenvalue weighted by Gasteiger charge is 2.24. The number of halogens is 2. The van der Waals surface area contributed by atoms with Gasteiger partial charge in [-0.15, -0.1) is 11.3 Å². The first-order valence-electron chi connectivity index (χ1n) is 9.48. The predicted octanol–water partition coefficient (Wildman–Crippen LogP) is 6.32. The number of carbonyl (C=O) groups excluding carboxylic acids is 2. The van der Waals surface area contributed by atoms with E-state index in [1.807, 2.05) is 39.0 Å². The normalized spacial score (nSPS) is 11.1. The molecule has 31 heavy (non-hydrogen) atoms. The Kier molecular flexibility index (Phi) is 7.20. The van der Waals surface area contributed by atoms with Crippen molar-refractivity contribution < 1.29 is 9.59 Å². The number of carbonyl (C=O) groups is 2. The molecule has 2 aromatic heterocycles. The second kappa shape index (κ2) is 9.68. The lowest BCUT2D eigenvalue weighted by Gasteiger charge is -2.15. The van der Waals surface area contributed by atoms with Gasteiger partial charge < -0.3 is 10.6 Å². The van der Waals surface area contributed by atoms with Crippen LogP contribution < -0.4 is 16.0 Å². The Morgan fingerprint density at radius 2 is 1.87 bits per heavy atom. The maximum atomic E-state index is 12.9. The molecule has 0 radical (unpaired) electrons. The first kappa shape index (κ1) is 23.1. The highest BCUT2D eigenvalue weighted by Crippen LogP contribution is 2.36. The van der Waals surface area contributed by atoms with E-state index < -0.39 is 6.03 Å². The van der Waals surface area contributed by atoms with Gasteiger partial charge >= 0.3 is 6.03 Å². The van der Waals surface area contributed by atoms with Crippen molar-refractivity contribution in [3.05, 3.63) is 74.8 Å². The smallest absolute Gasteiger partial charge is 0.324 e. The monoisotopic (exact) mass is 476 g/mol. The SMILES string of the molecule is CC(C)(C)c1cc(C(=O)NCc2cccnc2)c(NC(=O)Nc2cccc(Cl)c2Cl)s1. The van der Waals surface area contributed by atoms with E-state index in [1.165, 1.54) is 11.3 Å². The first-order chi connectivity index (χ1) is 14.6. The van der Waals surface area contributed by atoms with E-state index in [1.54, 1.807) is 30.6 Å². The van der Waals surface area contributed by atoms with E-state index in [-0.39, 0.29) is 16.3 Å². The van der Waals surface area contributed by atoms with Gasteiger partial charge in [0.2, 0.25) is 0 Å². The van der Waals surface area contributed by atoms with Crippen LogP contribution in [0.3, 0.4) is 0 Å². The molecule has 0 saturated heterocycles. The van der Waals surface area contributed by atoms with Gasteiger partial charge in [-0.1, -0.05) is 56.1 Å². The van der Waals surface area contributed by atoms with Gasteiger partial charge in [-0.3, -0.25) is 15.1 Å². The molecule has 6 nitrogen and oxygen atoms in total. The maximum Gasteiger partial charge on any atom is 0.324 e. The molecule has 162 valence electrons. The van der Waals surface area contributed by atoms with Crippen LogP contribution in [0.15, 0.2) is 48.8 Å². The van der Waals surface area contributed by atoms with Gasteiger partial charge in [0.1, 0.15) is 5.00 Å². The molecular formula is C22H22Cl2N4O2S. The zero-order valence-corrected chi connectivity index (χ0v) is 19.6. The third kappa shape index (κ3) is 5.97. The Labute approximate surface area is 195 Å². The van der Waals surface area contributed by atoms with E-state index in [0.717, 1.165) is 10.4 Å². The van der Waals surface area contributed by atoms with E-state index in [0.29, 0.717) is 27.8 Å². The number of rotatable bonds is 5. The molecule has 0 unspecified atom stereocenters. The number of benzene rings is 1. The Morgan fingerprint density at radius 1 is 1.10 bits per heavy atom. The van der Waals surface area contributed by atoms with Gasteiger partial charge in [0.25, 0.3) is 5.91 Å². The topological polar surface area (TPSA) is 83.1 Å². The van der Waals surface area contributed by atoms with Crippen LogP contribution in [-0.4, -0.2) is 16.9 Å². The van der Waals surface area contributed by atoms with Gasteiger partial charge in [-0.05, 0) is 35.2 Å². The lowest BCUT2D eigenvalue weighted by Crippen LogP contribution is -2.25. The number of amides is 3. The fourth-order valence-corrected chi connectivity index (χ4v) is 4.12. The average molecular weight is 477 g/mol. The number of hydrogen-bond donors (Lipinski definition) is 3. The number of pyridine rings is 1. The minimum Gasteiger partial charge on any atom is -0.348 e. The van der Waals surface area contributed by atoms with Crippen LogP contribution in [0.25, 0.3) is 0 Å². The highest BCUT2D eigenvalue weighted by atomic mass is 35.5. The summed E-state index contributed by atoms with van der Waals surface area (Å²) in [7, 11) is 0. The van der Waals surface area contributed by atoms with Gasteiger partial charge in [0, 0.05) is 23.8 Å². The number of thiophene rings is 1. The molecular weight excluding hydrogens is 455 g/mol. The first-order valence-corrected chi connectivity index (χ1v) is 11.1. The molecule has 0 aliphatic carbocycles. The van der Waals surface area contributed by atoms with Crippen molar-refractivity contribution >= 4 is 57.2 Å². The number of nitrogens with zero attached hydrogens (tertiary/aromatic N) is 1. The number of hydrogen-bond acceptors (Lipinski definition) is 4. The summed E-state index contributed by atoms with van der Waals surface area (Å²) in [6.45, 7) is 6.47. The van der Waals surface area contributed by atoms with Crippen LogP contribution in [-0.2, 0) is 12.0 Å². The number of anilines is 2. The summed E-state index contributed by atoms with van der Waals surface area (Å²) in [5.41, 5.74) is 1.47.